The quantitative estimate of drug-likeness (QED) is 0.357. The van der Waals surface area contributed by atoms with Crippen LogP contribution in [0.25, 0.3) is 0 Å². The van der Waals surface area contributed by atoms with Gasteiger partial charge in [-0.05, 0) is 25.9 Å². The summed E-state index contributed by atoms with van der Waals surface area (Å²) >= 11 is 0. The molecule has 25 heavy (non-hydrogen) atoms. The van der Waals surface area contributed by atoms with Crippen LogP contribution in [0.1, 0.15) is 12.8 Å². The number of amides is 1. The minimum absolute atomic E-state index is 0. The Balaban J connectivity index is 0.00000312. The molecule has 2 fully saturated rings. The lowest BCUT2D eigenvalue weighted by atomic mass is 10.1. The highest BCUT2D eigenvalue weighted by atomic mass is 127. The zero-order valence-corrected chi connectivity index (χ0v) is 18.5. The van der Waals surface area contributed by atoms with E-state index < -0.39 is 0 Å². The first-order valence-electron chi connectivity index (χ1n) is 9.06. The van der Waals surface area contributed by atoms with Crippen LogP contribution in [0.2, 0.25) is 0 Å². The Morgan fingerprint density at radius 3 is 2.40 bits per heavy atom. The van der Waals surface area contributed by atoms with Gasteiger partial charge in [-0.15, -0.1) is 24.0 Å². The zero-order valence-electron chi connectivity index (χ0n) is 16.2. The van der Waals surface area contributed by atoms with Gasteiger partial charge in [-0.2, -0.15) is 0 Å². The molecule has 0 aromatic carbocycles. The normalized spacial score (nSPS) is 22.6. The Kier molecular flexibility index (Phi) is 10.0. The second kappa shape index (κ2) is 11.2. The Labute approximate surface area is 169 Å². The van der Waals surface area contributed by atoms with Crippen LogP contribution in [0.5, 0.6) is 0 Å². The van der Waals surface area contributed by atoms with E-state index in [4.69, 9.17) is 0 Å². The predicted molar refractivity (Wildman–Crippen MR) is 114 cm³/mol. The third-order valence-corrected chi connectivity index (χ3v) is 5.06. The standard InChI is InChI=1S/C17H34N6O.HI/c1-18-17(19-13-15-5-7-21(4)14-15)23-11-9-22(10-12-23)8-6-16(24)20(2)3;/h15H,5-14H2,1-4H3,(H,18,19);1H. The summed E-state index contributed by atoms with van der Waals surface area (Å²) in [6, 6.07) is 0. The van der Waals surface area contributed by atoms with Gasteiger partial charge < -0.3 is 20.0 Å². The summed E-state index contributed by atoms with van der Waals surface area (Å²) in [4.78, 5) is 24.9. The first-order valence-corrected chi connectivity index (χ1v) is 9.06. The van der Waals surface area contributed by atoms with Crippen LogP contribution < -0.4 is 5.32 Å². The molecule has 1 N–H and O–H groups in total. The number of halogens is 1. The van der Waals surface area contributed by atoms with Crippen LogP contribution in [0.4, 0.5) is 0 Å². The van der Waals surface area contributed by atoms with Crippen LogP contribution in [0, 0.1) is 5.92 Å². The maximum Gasteiger partial charge on any atom is 0.223 e. The molecule has 7 nitrogen and oxygen atoms in total. The molecule has 0 bridgehead atoms. The van der Waals surface area contributed by atoms with Gasteiger partial charge in [0.25, 0.3) is 0 Å². The van der Waals surface area contributed by atoms with Crippen LogP contribution in [-0.4, -0.2) is 112 Å². The van der Waals surface area contributed by atoms with Crippen molar-refractivity contribution in [1.29, 1.82) is 0 Å². The first-order chi connectivity index (χ1) is 11.5. The van der Waals surface area contributed by atoms with Crippen molar-refractivity contribution in [3.05, 3.63) is 0 Å². The molecule has 2 saturated heterocycles. The van der Waals surface area contributed by atoms with E-state index in [-0.39, 0.29) is 29.9 Å². The number of aliphatic imine (C=N–C) groups is 1. The fraction of sp³-hybridized carbons (Fsp3) is 0.882. The molecule has 0 aromatic rings. The molecule has 0 aromatic heterocycles. The summed E-state index contributed by atoms with van der Waals surface area (Å²) in [5, 5.41) is 3.55. The van der Waals surface area contributed by atoms with Crippen molar-refractivity contribution in [1.82, 2.24) is 24.9 Å². The molecular weight excluding hydrogens is 431 g/mol. The smallest absolute Gasteiger partial charge is 0.223 e. The van der Waals surface area contributed by atoms with E-state index in [1.165, 1.54) is 19.5 Å². The van der Waals surface area contributed by atoms with E-state index in [0.29, 0.717) is 6.42 Å². The van der Waals surface area contributed by atoms with E-state index in [2.05, 4.69) is 32.1 Å². The third kappa shape index (κ3) is 7.26. The SMILES string of the molecule is CN=C(NCC1CCN(C)C1)N1CCN(CCC(=O)N(C)C)CC1.I. The van der Waals surface area contributed by atoms with Crippen molar-refractivity contribution in [2.24, 2.45) is 10.9 Å². The van der Waals surface area contributed by atoms with E-state index in [1.54, 1.807) is 4.90 Å². The Morgan fingerprint density at radius 2 is 1.88 bits per heavy atom. The number of hydrogen-bond acceptors (Lipinski definition) is 4. The maximum absolute atomic E-state index is 11.7. The van der Waals surface area contributed by atoms with Crippen molar-refractivity contribution in [2.45, 2.75) is 12.8 Å². The molecule has 1 atom stereocenters. The Morgan fingerprint density at radius 1 is 1.20 bits per heavy atom. The lowest BCUT2D eigenvalue weighted by Gasteiger charge is -2.36. The summed E-state index contributed by atoms with van der Waals surface area (Å²) in [6.07, 6.45) is 1.88. The number of piperazine rings is 1. The monoisotopic (exact) mass is 466 g/mol. The van der Waals surface area contributed by atoms with E-state index in [0.717, 1.165) is 51.1 Å². The second-order valence-electron chi connectivity index (χ2n) is 7.21. The number of carbonyl (C=O) groups is 1. The van der Waals surface area contributed by atoms with Crippen molar-refractivity contribution in [2.75, 3.05) is 80.5 Å². The molecule has 146 valence electrons. The minimum Gasteiger partial charge on any atom is -0.356 e. The van der Waals surface area contributed by atoms with Crippen molar-refractivity contribution in [3.8, 4) is 0 Å². The van der Waals surface area contributed by atoms with Gasteiger partial charge in [0, 0.05) is 73.4 Å². The van der Waals surface area contributed by atoms with Gasteiger partial charge in [-0.3, -0.25) is 14.7 Å². The maximum atomic E-state index is 11.7. The molecule has 2 heterocycles. The van der Waals surface area contributed by atoms with Gasteiger partial charge in [0.1, 0.15) is 0 Å². The number of carbonyl (C=O) groups excluding carboxylic acids is 1. The summed E-state index contributed by atoms with van der Waals surface area (Å²) in [6.45, 7) is 8.18. The zero-order chi connectivity index (χ0) is 17.5. The van der Waals surface area contributed by atoms with Crippen LogP contribution in [-0.2, 0) is 4.79 Å². The van der Waals surface area contributed by atoms with E-state index >= 15 is 0 Å². The van der Waals surface area contributed by atoms with Crippen molar-refractivity contribution >= 4 is 35.8 Å². The molecule has 2 aliphatic heterocycles. The van der Waals surface area contributed by atoms with Crippen LogP contribution in [0.3, 0.4) is 0 Å². The molecule has 1 amide bonds. The predicted octanol–water partition coefficient (Wildman–Crippen LogP) is 0.227. The average Bonchev–Trinajstić information content (AvgIpc) is 2.99. The van der Waals surface area contributed by atoms with Crippen molar-refractivity contribution in [3.63, 3.8) is 0 Å². The highest BCUT2D eigenvalue weighted by Gasteiger charge is 2.23. The lowest BCUT2D eigenvalue weighted by Crippen LogP contribution is -2.53. The van der Waals surface area contributed by atoms with Gasteiger partial charge in [0.2, 0.25) is 5.91 Å². The largest absolute Gasteiger partial charge is 0.356 e. The molecule has 0 saturated carbocycles. The summed E-state index contributed by atoms with van der Waals surface area (Å²) < 4.78 is 0. The molecule has 1 unspecified atom stereocenters. The molecule has 8 heteroatoms. The number of guanidine groups is 1. The highest BCUT2D eigenvalue weighted by molar-refractivity contribution is 14.0. The van der Waals surface area contributed by atoms with E-state index in [9.17, 15) is 4.79 Å². The van der Waals surface area contributed by atoms with Gasteiger partial charge in [0.05, 0.1) is 0 Å². The summed E-state index contributed by atoms with van der Waals surface area (Å²) in [5.41, 5.74) is 0. The molecule has 0 spiro atoms. The summed E-state index contributed by atoms with van der Waals surface area (Å²) in [5.74, 6) is 1.95. The fourth-order valence-electron chi connectivity index (χ4n) is 3.42. The van der Waals surface area contributed by atoms with Gasteiger partial charge in [-0.1, -0.05) is 0 Å². The van der Waals surface area contributed by atoms with Gasteiger partial charge >= 0.3 is 0 Å². The number of nitrogens with zero attached hydrogens (tertiary/aromatic N) is 5. The van der Waals surface area contributed by atoms with Gasteiger partial charge in [0.15, 0.2) is 5.96 Å². The molecule has 2 rings (SSSR count). The molecule has 0 radical (unpaired) electrons. The van der Waals surface area contributed by atoms with Crippen LogP contribution in [0.15, 0.2) is 4.99 Å². The van der Waals surface area contributed by atoms with Crippen molar-refractivity contribution < 1.29 is 4.79 Å². The number of hydrogen-bond donors (Lipinski definition) is 1. The number of rotatable bonds is 5. The van der Waals surface area contributed by atoms with E-state index in [1.807, 2.05) is 21.1 Å². The average molecular weight is 466 g/mol. The molecule has 0 aliphatic carbocycles. The first kappa shape index (κ1) is 22.4. The second-order valence-corrected chi connectivity index (χ2v) is 7.21. The number of likely N-dealkylation sites (tertiary alicyclic amines) is 1. The lowest BCUT2D eigenvalue weighted by molar-refractivity contribution is -0.129. The molecular formula is C17H35IN6O. The van der Waals surface area contributed by atoms with Gasteiger partial charge in [-0.25, -0.2) is 0 Å². The number of nitrogens with one attached hydrogen (secondary N) is 1. The molecule has 2 aliphatic rings. The Hall–Kier alpha value is -0.610. The summed E-state index contributed by atoms with van der Waals surface area (Å²) in [7, 11) is 7.69. The minimum atomic E-state index is 0. The topological polar surface area (TPSA) is 54.4 Å². The fourth-order valence-corrected chi connectivity index (χ4v) is 3.42. The third-order valence-electron chi connectivity index (χ3n) is 5.06. The highest BCUT2D eigenvalue weighted by Crippen LogP contribution is 2.13. The van der Waals surface area contributed by atoms with Crippen LogP contribution >= 0.6 is 24.0 Å². The Bertz CT molecular complexity index is 437.